The molecule has 0 aromatic heterocycles. The third-order valence-electron chi connectivity index (χ3n) is 4.96. The van der Waals surface area contributed by atoms with Gasteiger partial charge in [-0.05, 0) is 19.3 Å². The summed E-state index contributed by atoms with van der Waals surface area (Å²) >= 11 is 0. The lowest BCUT2D eigenvalue weighted by Crippen LogP contribution is -2.52. The zero-order chi connectivity index (χ0) is 15.5. The summed E-state index contributed by atoms with van der Waals surface area (Å²) in [4.78, 5) is 26.0. The van der Waals surface area contributed by atoms with Gasteiger partial charge in [-0.15, -0.1) is 0 Å². The predicted molar refractivity (Wildman–Crippen MR) is 76.0 cm³/mol. The van der Waals surface area contributed by atoms with E-state index in [1.54, 1.807) is 12.0 Å². The lowest BCUT2D eigenvalue weighted by atomic mass is 9.83. The number of carbonyl (C=O) groups is 2. The fourth-order valence-corrected chi connectivity index (χ4v) is 3.59. The van der Waals surface area contributed by atoms with Crippen molar-refractivity contribution in [3.8, 4) is 0 Å². The second-order valence-corrected chi connectivity index (χ2v) is 6.25. The van der Waals surface area contributed by atoms with E-state index in [1.165, 1.54) is 7.11 Å². The number of ether oxygens (including phenoxy) is 2. The van der Waals surface area contributed by atoms with E-state index in [1.807, 2.05) is 0 Å². The molecule has 2 fully saturated rings. The van der Waals surface area contributed by atoms with Gasteiger partial charge in [0.05, 0.1) is 6.61 Å². The van der Waals surface area contributed by atoms with Crippen LogP contribution in [0.3, 0.4) is 0 Å². The monoisotopic (exact) mass is 299 g/mol. The lowest BCUT2D eigenvalue weighted by molar-refractivity contribution is -0.160. The van der Waals surface area contributed by atoms with E-state index in [4.69, 9.17) is 9.47 Å². The highest BCUT2D eigenvalue weighted by atomic mass is 16.5. The molecule has 1 unspecified atom stereocenters. The minimum atomic E-state index is -0.978. The molecule has 0 aromatic rings. The van der Waals surface area contributed by atoms with Crippen molar-refractivity contribution in [3.63, 3.8) is 0 Å². The van der Waals surface area contributed by atoms with Crippen LogP contribution in [-0.2, 0) is 19.1 Å². The van der Waals surface area contributed by atoms with Crippen LogP contribution in [0.15, 0.2) is 0 Å². The molecule has 1 aliphatic heterocycles. The summed E-state index contributed by atoms with van der Waals surface area (Å²) in [6.07, 6.45) is 4.97. The van der Waals surface area contributed by atoms with Crippen LogP contribution in [0.1, 0.15) is 38.5 Å². The van der Waals surface area contributed by atoms with Gasteiger partial charge in [-0.25, -0.2) is 0 Å². The quantitative estimate of drug-likeness (QED) is 0.827. The number of hydrogen-bond donors (Lipinski definition) is 1. The molecule has 1 N–H and O–H groups in total. The normalized spacial score (nSPS) is 28.6. The van der Waals surface area contributed by atoms with Crippen LogP contribution in [0, 0.1) is 5.41 Å². The van der Waals surface area contributed by atoms with Crippen molar-refractivity contribution in [2.24, 2.45) is 5.41 Å². The third-order valence-corrected chi connectivity index (χ3v) is 4.96. The van der Waals surface area contributed by atoms with Gasteiger partial charge in [0.1, 0.15) is 11.0 Å². The van der Waals surface area contributed by atoms with Gasteiger partial charge in [-0.1, -0.05) is 19.3 Å². The van der Waals surface area contributed by atoms with Gasteiger partial charge < -0.3 is 19.5 Å². The Morgan fingerprint density at radius 2 is 1.81 bits per heavy atom. The van der Waals surface area contributed by atoms with Crippen LogP contribution in [0.25, 0.3) is 0 Å². The summed E-state index contributed by atoms with van der Waals surface area (Å²) in [6, 6.07) is 0. The first kappa shape index (κ1) is 16.2. The molecule has 1 saturated carbocycles. The van der Waals surface area contributed by atoms with Crippen LogP contribution in [0.4, 0.5) is 0 Å². The number of amides is 1. The van der Waals surface area contributed by atoms with E-state index in [-0.39, 0.29) is 19.1 Å². The molecule has 0 radical (unpaired) electrons. The third kappa shape index (κ3) is 2.92. The molecule has 2 aliphatic rings. The molecule has 1 heterocycles. The Balaban J connectivity index is 2.12. The van der Waals surface area contributed by atoms with Crippen LogP contribution in [0.2, 0.25) is 0 Å². The van der Waals surface area contributed by atoms with E-state index in [2.05, 4.69) is 0 Å². The second kappa shape index (κ2) is 6.32. The van der Waals surface area contributed by atoms with E-state index in [0.29, 0.717) is 13.0 Å². The minimum absolute atomic E-state index is 0.0519. The van der Waals surface area contributed by atoms with Gasteiger partial charge in [0.25, 0.3) is 5.91 Å². The Hall–Kier alpha value is -1.14. The number of hydrogen-bond acceptors (Lipinski definition) is 4. The van der Waals surface area contributed by atoms with Gasteiger partial charge in [0.2, 0.25) is 0 Å². The highest BCUT2D eigenvalue weighted by molar-refractivity contribution is 5.87. The zero-order valence-corrected chi connectivity index (χ0v) is 12.9. The first-order chi connectivity index (χ1) is 9.99. The summed E-state index contributed by atoms with van der Waals surface area (Å²) in [7, 11) is 3.08. The van der Waals surface area contributed by atoms with Crippen molar-refractivity contribution in [3.05, 3.63) is 0 Å². The molecule has 0 bridgehead atoms. The number of methoxy groups -OCH3 is 2. The van der Waals surface area contributed by atoms with Gasteiger partial charge in [0.15, 0.2) is 0 Å². The Morgan fingerprint density at radius 1 is 1.14 bits per heavy atom. The standard InChI is InChI=1S/C15H25NO5/c1-20-11-14(13(18)19)8-9-16(10-14)12(17)15(21-2)6-4-3-5-7-15/h3-11H2,1-2H3,(H,18,19). The summed E-state index contributed by atoms with van der Waals surface area (Å²) in [5.74, 6) is -0.946. The SMILES string of the molecule is COCC1(C(=O)O)CCN(C(=O)C2(OC)CCCCC2)C1. The van der Waals surface area contributed by atoms with Crippen molar-refractivity contribution in [2.45, 2.75) is 44.1 Å². The van der Waals surface area contributed by atoms with Crippen molar-refractivity contribution in [1.82, 2.24) is 4.90 Å². The summed E-state index contributed by atoms with van der Waals surface area (Å²) in [5.41, 5.74) is -1.73. The average Bonchev–Trinajstić information content (AvgIpc) is 2.93. The molecule has 21 heavy (non-hydrogen) atoms. The van der Waals surface area contributed by atoms with Crippen LogP contribution >= 0.6 is 0 Å². The highest BCUT2D eigenvalue weighted by Crippen LogP contribution is 2.37. The number of nitrogens with zero attached hydrogens (tertiary/aromatic N) is 1. The minimum Gasteiger partial charge on any atom is -0.481 e. The van der Waals surface area contributed by atoms with Crippen molar-refractivity contribution in [2.75, 3.05) is 33.9 Å². The maximum atomic E-state index is 12.8. The second-order valence-electron chi connectivity index (χ2n) is 6.25. The molecule has 6 heteroatoms. The number of carboxylic acids is 1. The molecule has 120 valence electrons. The first-order valence-electron chi connectivity index (χ1n) is 7.56. The highest BCUT2D eigenvalue weighted by Gasteiger charge is 2.50. The molecule has 6 nitrogen and oxygen atoms in total. The van der Waals surface area contributed by atoms with E-state index >= 15 is 0 Å². The molecule has 1 atom stereocenters. The molecular formula is C15H25NO5. The summed E-state index contributed by atoms with van der Waals surface area (Å²) < 4.78 is 10.6. The smallest absolute Gasteiger partial charge is 0.313 e. The fourth-order valence-electron chi connectivity index (χ4n) is 3.59. The molecule has 2 rings (SSSR count). The topological polar surface area (TPSA) is 76.1 Å². The zero-order valence-electron chi connectivity index (χ0n) is 12.9. The largest absolute Gasteiger partial charge is 0.481 e. The molecule has 0 aromatic carbocycles. The Morgan fingerprint density at radius 3 is 2.33 bits per heavy atom. The number of carbonyl (C=O) groups excluding carboxylic acids is 1. The van der Waals surface area contributed by atoms with Gasteiger partial charge in [-0.2, -0.15) is 0 Å². The number of likely N-dealkylation sites (tertiary alicyclic amines) is 1. The van der Waals surface area contributed by atoms with Crippen LogP contribution in [0.5, 0.6) is 0 Å². The Kier molecular flexibility index (Phi) is 4.88. The number of rotatable bonds is 5. The van der Waals surface area contributed by atoms with Gasteiger partial charge >= 0.3 is 5.97 Å². The Bertz CT molecular complexity index is 405. The number of aliphatic carboxylic acids is 1. The van der Waals surface area contributed by atoms with E-state index < -0.39 is 17.0 Å². The molecule has 1 amide bonds. The fraction of sp³-hybridized carbons (Fsp3) is 0.867. The van der Waals surface area contributed by atoms with Gasteiger partial charge in [0, 0.05) is 27.3 Å². The van der Waals surface area contributed by atoms with E-state index in [0.717, 1.165) is 32.1 Å². The maximum absolute atomic E-state index is 12.8. The molecule has 1 saturated heterocycles. The summed E-state index contributed by atoms with van der Waals surface area (Å²) in [6.45, 7) is 0.797. The van der Waals surface area contributed by atoms with Crippen LogP contribution < -0.4 is 0 Å². The van der Waals surface area contributed by atoms with Gasteiger partial charge in [-0.3, -0.25) is 9.59 Å². The molecule has 0 spiro atoms. The van der Waals surface area contributed by atoms with Crippen molar-refractivity contribution in [1.29, 1.82) is 0 Å². The van der Waals surface area contributed by atoms with E-state index in [9.17, 15) is 14.7 Å². The summed E-state index contributed by atoms with van der Waals surface area (Å²) in [5, 5.41) is 9.48. The lowest BCUT2D eigenvalue weighted by Gasteiger charge is -2.37. The van der Waals surface area contributed by atoms with Crippen molar-refractivity contribution < 1.29 is 24.2 Å². The molecular weight excluding hydrogens is 274 g/mol. The Labute approximate surface area is 125 Å². The van der Waals surface area contributed by atoms with Crippen LogP contribution in [-0.4, -0.2) is 61.4 Å². The maximum Gasteiger partial charge on any atom is 0.313 e. The average molecular weight is 299 g/mol. The van der Waals surface area contributed by atoms with Crippen molar-refractivity contribution >= 4 is 11.9 Å². The first-order valence-corrected chi connectivity index (χ1v) is 7.56. The predicted octanol–water partition coefficient (Wildman–Crippen LogP) is 1.29. The number of carboxylic acid groups (broad SMARTS) is 1. The molecule has 1 aliphatic carbocycles.